The molecule has 0 atom stereocenters. The maximum absolute atomic E-state index is 12.5. The summed E-state index contributed by atoms with van der Waals surface area (Å²) in [5, 5.41) is 5.88. The Labute approximate surface area is 176 Å². The lowest BCUT2D eigenvalue weighted by atomic mass is 10.0. The fourth-order valence-electron chi connectivity index (χ4n) is 3.80. The number of rotatable bonds is 3. The van der Waals surface area contributed by atoms with Gasteiger partial charge in [-0.2, -0.15) is 5.10 Å². The molecule has 0 saturated carbocycles. The van der Waals surface area contributed by atoms with Crippen LogP contribution in [-0.4, -0.2) is 49.3 Å². The zero-order chi connectivity index (χ0) is 20.9. The molecule has 0 unspecified atom stereocenters. The van der Waals surface area contributed by atoms with Crippen LogP contribution >= 0.6 is 23.2 Å². The van der Waals surface area contributed by atoms with E-state index in [9.17, 15) is 9.59 Å². The number of ether oxygens (including phenoxy) is 1. The van der Waals surface area contributed by atoms with Crippen molar-refractivity contribution in [3.63, 3.8) is 0 Å². The molecule has 4 rings (SSSR count). The molecule has 1 aliphatic rings. The average Bonchev–Trinajstić information content (AvgIpc) is 3.24. The highest BCUT2D eigenvalue weighted by Crippen LogP contribution is 2.41. The Hall–Kier alpha value is -2.58. The van der Waals surface area contributed by atoms with Crippen LogP contribution in [0.25, 0.3) is 22.3 Å². The van der Waals surface area contributed by atoms with E-state index in [4.69, 9.17) is 27.9 Å². The quantitative estimate of drug-likeness (QED) is 0.466. The van der Waals surface area contributed by atoms with Gasteiger partial charge < -0.3 is 14.2 Å². The maximum Gasteiger partial charge on any atom is 0.303 e. The minimum absolute atomic E-state index is 0.209. The molecule has 1 aliphatic heterocycles. The molecule has 0 aromatic carbocycles. The number of fused-ring (bicyclic) bond motifs is 3. The minimum atomic E-state index is -0.482. The molecule has 0 bridgehead atoms. The number of nitrogens with zero attached hydrogens (tertiary/aromatic N) is 5. The summed E-state index contributed by atoms with van der Waals surface area (Å²) in [6.45, 7) is 1.90. The number of carbonyl (C=O) groups is 2. The number of hydrogen-bond donors (Lipinski definition) is 0. The highest BCUT2D eigenvalue weighted by Gasteiger charge is 2.30. The molecular weight excluding hydrogens is 417 g/mol. The number of pyridine rings is 1. The van der Waals surface area contributed by atoms with Gasteiger partial charge in [0.25, 0.3) is 5.91 Å². The fraction of sp³-hybridized carbons (Fsp3) is 0.368. The van der Waals surface area contributed by atoms with Crippen LogP contribution in [0.1, 0.15) is 18.2 Å². The standard InChI is InChI=1S/C19H19Cl2N5O3/c1-10(27)29-9-14(28)26-7-5-13-11(8-26)15-17(12-4-6-24(2)23-12)22-19(21)16(20)18(15)25(13)3/h4,6H,5,7-9H2,1-3H3. The van der Waals surface area contributed by atoms with E-state index in [0.717, 1.165) is 22.2 Å². The average molecular weight is 436 g/mol. The molecular formula is C19H19Cl2N5O3. The van der Waals surface area contributed by atoms with Crippen LogP contribution in [0.5, 0.6) is 0 Å². The Balaban J connectivity index is 1.85. The number of carbonyl (C=O) groups excluding carboxylic acids is 2. The first-order valence-corrected chi connectivity index (χ1v) is 9.79. The molecule has 152 valence electrons. The molecule has 0 aliphatic carbocycles. The van der Waals surface area contributed by atoms with Crippen LogP contribution in [0.4, 0.5) is 0 Å². The molecule has 3 aromatic rings. The lowest BCUT2D eigenvalue weighted by Crippen LogP contribution is -2.38. The number of aryl methyl sites for hydroxylation is 2. The molecule has 0 spiro atoms. The van der Waals surface area contributed by atoms with Crippen molar-refractivity contribution in [2.24, 2.45) is 14.1 Å². The van der Waals surface area contributed by atoms with Crippen molar-refractivity contribution < 1.29 is 14.3 Å². The van der Waals surface area contributed by atoms with E-state index in [1.165, 1.54) is 6.92 Å². The Morgan fingerprint density at radius 3 is 2.69 bits per heavy atom. The first-order valence-electron chi connectivity index (χ1n) is 9.04. The van der Waals surface area contributed by atoms with Crippen LogP contribution in [0.2, 0.25) is 10.2 Å². The first-order chi connectivity index (χ1) is 13.8. The second kappa shape index (κ2) is 7.35. The third kappa shape index (κ3) is 3.36. The molecule has 0 N–H and O–H groups in total. The van der Waals surface area contributed by atoms with E-state index < -0.39 is 5.97 Å². The van der Waals surface area contributed by atoms with Gasteiger partial charge in [0.05, 0.1) is 5.52 Å². The van der Waals surface area contributed by atoms with Gasteiger partial charge in [0.2, 0.25) is 0 Å². The summed E-state index contributed by atoms with van der Waals surface area (Å²) < 4.78 is 8.57. The Kier molecular flexibility index (Phi) is 5.00. The largest absolute Gasteiger partial charge is 0.456 e. The van der Waals surface area contributed by atoms with Gasteiger partial charge in [-0.25, -0.2) is 4.98 Å². The van der Waals surface area contributed by atoms with Gasteiger partial charge in [-0.05, 0) is 6.07 Å². The fourth-order valence-corrected chi connectivity index (χ4v) is 4.24. The highest BCUT2D eigenvalue weighted by atomic mass is 35.5. The van der Waals surface area contributed by atoms with Crippen LogP contribution in [0, 0.1) is 0 Å². The van der Waals surface area contributed by atoms with E-state index in [2.05, 4.69) is 10.1 Å². The van der Waals surface area contributed by atoms with Crippen molar-refractivity contribution in [3.05, 3.63) is 33.7 Å². The van der Waals surface area contributed by atoms with Crippen molar-refractivity contribution in [1.29, 1.82) is 0 Å². The van der Waals surface area contributed by atoms with E-state index in [1.807, 2.05) is 30.9 Å². The van der Waals surface area contributed by atoms with Crippen LogP contribution in [-0.2, 0) is 41.4 Å². The summed E-state index contributed by atoms with van der Waals surface area (Å²) in [4.78, 5) is 29.7. The highest BCUT2D eigenvalue weighted by molar-refractivity contribution is 6.44. The predicted molar refractivity (Wildman–Crippen MR) is 109 cm³/mol. The summed E-state index contributed by atoms with van der Waals surface area (Å²) >= 11 is 12.9. The molecule has 0 saturated heterocycles. The van der Waals surface area contributed by atoms with Crippen molar-refractivity contribution in [2.75, 3.05) is 13.2 Å². The zero-order valence-corrected chi connectivity index (χ0v) is 17.7. The molecule has 3 aromatic heterocycles. The number of amides is 1. The molecule has 29 heavy (non-hydrogen) atoms. The molecule has 0 radical (unpaired) electrons. The summed E-state index contributed by atoms with van der Waals surface area (Å²) in [6, 6.07) is 1.86. The smallest absolute Gasteiger partial charge is 0.303 e. The Morgan fingerprint density at radius 1 is 1.28 bits per heavy atom. The zero-order valence-electron chi connectivity index (χ0n) is 16.2. The third-order valence-corrected chi connectivity index (χ3v) is 5.87. The van der Waals surface area contributed by atoms with Crippen molar-refractivity contribution in [2.45, 2.75) is 19.9 Å². The normalized spacial score (nSPS) is 13.6. The third-order valence-electron chi connectivity index (χ3n) is 5.14. The number of halogens is 2. The number of hydrogen-bond acceptors (Lipinski definition) is 5. The van der Waals surface area contributed by atoms with Gasteiger partial charge in [0, 0.05) is 63.4 Å². The summed E-state index contributed by atoms with van der Waals surface area (Å²) in [7, 11) is 3.76. The summed E-state index contributed by atoms with van der Waals surface area (Å²) in [5.74, 6) is -0.723. The summed E-state index contributed by atoms with van der Waals surface area (Å²) in [6.07, 6.45) is 2.47. The van der Waals surface area contributed by atoms with Gasteiger partial charge >= 0.3 is 5.97 Å². The molecule has 10 heteroatoms. The van der Waals surface area contributed by atoms with Gasteiger partial charge in [0.15, 0.2) is 11.8 Å². The van der Waals surface area contributed by atoms with E-state index >= 15 is 0 Å². The number of aromatic nitrogens is 4. The Morgan fingerprint density at radius 2 is 2.03 bits per heavy atom. The van der Waals surface area contributed by atoms with Crippen LogP contribution in [0.15, 0.2) is 12.3 Å². The molecule has 1 amide bonds. The van der Waals surface area contributed by atoms with Crippen molar-refractivity contribution in [3.8, 4) is 11.4 Å². The topological polar surface area (TPSA) is 82.2 Å². The van der Waals surface area contributed by atoms with Gasteiger partial charge in [0.1, 0.15) is 16.4 Å². The van der Waals surface area contributed by atoms with Crippen molar-refractivity contribution >= 4 is 46.0 Å². The molecule has 8 nitrogen and oxygen atoms in total. The lowest BCUT2D eigenvalue weighted by Gasteiger charge is -2.27. The summed E-state index contributed by atoms with van der Waals surface area (Å²) in [5.41, 5.74) is 4.09. The first kappa shape index (κ1) is 19.7. The van der Waals surface area contributed by atoms with Gasteiger partial charge in [-0.1, -0.05) is 23.2 Å². The van der Waals surface area contributed by atoms with Gasteiger partial charge in [-0.15, -0.1) is 0 Å². The van der Waals surface area contributed by atoms with Gasteiger partial charge in [-0.3, -0.25) is 14.3 Å². The van der Waals surface area contributed by atoms with Crippen molar-refractivity contribution in [1.82, 2.24) is 24.2 Å². The van der Waals surface area contributed by atoms with Crippen LogP contribution in [0.3, 0.4) is 0 Å². The van der Waals surface area contributed by atoms with Crippen LogP contribution < -0.4 is 0 Å². The predicted octanol–water partition coefficient (Wildman–Crippen LogP) is 2.73. The molecule has 4 heterocycles. The Bertz CT molecular complexity index is 1150. The second-order valence-electron chi connectivity index (χ2n) is 6.99. The SMILES string of the molecule is CC(=O)OCC(=O)N1CCc2c(c3c(-c4ccn(C)n4)nc(Cl)c(Cl)c3n2C)C1. The van der Waals surface area contributed by atoms with E-state index in [1.54, 1.807) is 9.58 Å². The molecule has 0 fully saturated rings. The second-order valence-corrected chi connectivity index (χ2v) is 7.73. The van der Waals surface area contributed by atoms with E-state index in [-0.39, 0.29) is 17.7 Å². The lowest BCUT2D eigenvalue weighted by molar-refractivity contribution is -0.150. The number of esters is 1. The maximum atomic E-state index is 12.5. The minimum Gasteiger partial charge on any atom is -0.456 e. The van der Waals surface area contributed by atoms with E-state index in [0.29, 0.717) is 35.9 Å². The monoisotopic (exact) mass is 435 g/mol.